The van der Waals surface area contributed by atoms with Crippen LogP contribution in [-0.4, -0.2) is 15.0 Å². The van der Waals surface area contributed by atoms with E-state index in [2.05, 4.69) is 151 Å². The zero-order chi connectivity index (χ0) is 30.7. The van der Waals surface area contributed by atoms with Crippen LogP contribution in [0.5, 0.6) is 0 Å². The normalized spacial score (nSPS) is 14.3. The first-order valence-corrected chi connectivity index (χ1v) is 15.7. The van der Waals surface area contributed by atoms with E-state index in [1.54, 1.807) is 6.20 Å². The molecule has 0 amide bonds. The molecule has 1 aliphatic rings. The van der Waals surface area contributed by atoms with E-state index in [1.807, 2.05) is 18.3 Å². The Bertz CT molecular complexity index is 2210. The highest BCUT2D eigenvalue weighted by Crippen LogP contribution is 2.35. The fourth-order valence-corrected chi connectivity index (χ4v) is 6.32. The molecule has 0 aliphatic heterocycles. The third kappa shape index (κ3) is 5.55. The molecular formula is C43H31N3. The van der Waals surface area contributed by atoms with E-state index in [-0.39, 0.29) is 0 Å². The van der Waals surface area contributed by atoms with Crippen molar-refractivity contribution in [1.29, 1.82) is 0 Å². The molecule has 46 heavy (non-hydrogen) atoms. The lowest BCUT2D eigenvalue weighted by Gasteiger charge is -2.19. The first-order chi connectivity index (χ1) is 22.8. The van der Waals surface area contributed by atoms with Crippen LogP contribution in [0.4, 0.5) is 0 Å². The van der Waals surface area contributed by atoms with Gasteiger partial charge in [0, 0.05) is 40.6 Å². The average Bonchev–Trinajstić information content (AvgIpc) is 3.15. The molecule has 2 heterocycles. The van der Waals surface area contributed by atoms with Crippen LogP contribution >= 0.6 is 0 Å². The summed E-state index contributed by atoms with van der Waals surface area (Å²) in [5.74, 6) is 1.04. The van der Waals surface area contributed by atoms with Crippen molar-refractivity contribution in [1.82, 2.24) is 15.0 Å². The van der Waals surface area contributed by atoms with Crippen molar-refractivity contribution in [3.63, 3.8) is 0 Å². The Morgan fingerprint density at radius 2 is 1.20 bits per heavy atom. The van der Waals surface area contributed by atoms with Gasteiger partial charge in [0.2, 0.25) is 0 Å². The van der Waals surface area contributed by atoms with Gasteiger partial charge in [0.1, 0.15) is 0 Å². The van der Waals surface area contributed by atoms with Crippen LogP contribution in [0.25, 0.3) is 61.1 Å². The summed E-state index contributed by atoms with van der Waals surface area (Å²) in [4.78, 5) is 14.6. The molecule has 2 aromatic heterocycles. The number of pyridine rings is 1. The minimum atomic E-state index is 0.305. The number of allylic oxidation sites excluding steroid dienone is 4. The Morgan fingerprint density at radius 1 is 0.522 bits per heavy atom. The van der Waals surface area contributed by atoms with Crippen LogP contribution in [0.3, 0.4) is 0 Å². The van der Waals surface area contributed by atoms with E-state index >= 15 is 0 Å². The van der Waals surface area contributed by atoms with Gasteiger partial charge in [-0.2, -0.15) is 0 Å². The standard InChI is InChI=1S/C43H31N3/c1-2-9-30(10-3-1)31-18-22-34(23-19-31)41-28-42(37-14-6-13-36(27-37)38-15-8-26-44-29-38)46-43(45-41)35-24-20-33(21-25-35)40-17-7-12-32-11-4-5-16-39(32)40/h1-20,22-29,33H,21H2. The second kappa shape index (κ2) is 12.2. The summed E-state index contributed by atoms with van der Waals surface area (Å²) in [6.45, 7) is 0. The molecule has 8 rings (SSSR count). The zero-order valence-electron chi connectivity index (χ0n) is 25.3. The van der Waals surface area contributed by atoms with Gasteiger partial charge in [-0.25, -0.2) is 9.97 Å². The van der Waals surface area contributed by atoms with E-state index in [1.165, 1.54) is 27.5 Å². The monoisotopic (exact) mass is 589 g/mol. The van der Waals surface area contributed by atoms with Gasteiger partial charge in [0.05, 0.1) is 11.4 Å². The lowest BCUT2D eigenvalue weighted by molar-refractivity contribution is 0.862. The first-order valence-electron chi connectivity index (χ1n) is 15.7. The van der Waals surface area contributed by atoms with Crippen LogP contribution in [-0.2, 0) is 0 Å². The van der Waals surface area contributed by atoms with Crippen LogP contribution < -0.4 is 0 Å². The van der Waals surface area contributed by atoms with Gasteiger partial charge in [-0.3, -0.25) is 4.98 Å². The number of hydrogen-bond donors (Lipinski definition) is 0. The summed E-state index contributed by atoms with van der Waals surface area (Å²) < 4.78 is 0. The fourth-order valence-electron chi connectivity index (χ4n) is 6.32. The van der Waals surface area contributed by atoms with E-state index in [0.29, 0.717) is 5.92 Å². The Hall–Kier alpha value is -5.93. The van der Waals surface area contributed by atoms with Crippen molar-refractivity contribution in [3.8, 4) is 44.8 Å². The summed E-state index contributed by atoms with van der Waals surface area (Å²) >= 11 is 0. The fraction of sp³-hybridized carbons (Fsp3) is 0.0465. The Labute approximate surface area is 269 Å². The maximum absolute atomic E-state index is 5.15. The lowest BCUT2D eigenvalue weighted by atomic mass is 9.87. The first kappa shape index (κ1) is 27.6. The summed E-state index contributed by atoms with van der Waals surface area (Å²) in [6.07, 6.45) is 11.4. The van der Waals surface area contributed by atoms with Gasteiger partial charge in [-0.1, -0.05) is 140 Å². The summed E-state index contributed by atoms with van der Waals surface area (Å²) in [5, 5.41) is 2.58. The predicted molar refractivity (Wildman–Crippen MR) is 190 cm³/mol. The maximum Gasteiger partial charge on any atom is 0.160 e. The highest BCUT2D eigenvalue weighted by atomic mass is 14.9. The van der Waals surface area contributed by atoms with Gasteiger partial charge >= 0.3 is 0 Å². The third-order valence-electron chi connectivity index (χ3n) is 8.75. The molecule has 218 valence electrons. The molecule has 0 spiro atoms. The smallest absolute Gasteiger partial charge is 0.160 e. The van der Waals surface area contributed by atoms with Crippen LogP contribution in [0.1, 0.15) is 23.7 Å². The number of benzene rings is 5. The van der Waals surface area contributed by atoms with Gasteiger partial charge in [0.15, 0.2) is 5.82 Å². The topological polar surface area (TPSA) is 38.7 Å². The molecule has 3 heteroatoms. The zero-order valence-corrected chi connectivity index (χ0v) is 25.3. The molecular weight excluding hydrogens is 558 g/mol. The average molecular weight is 590 g/mol. The van der Waals surface area contributed by atoms with Crippen molar-refractivity contribution in [2.75, 3.05) is 0 Å². The SMILES string of the molecule is C1=CC(c2cccc3ccccc23)CC=C1c1nc(-c2ccc(-c3ccccc3)cc2)cc(-c2cccc(-c3cccnc3)c2)n1. The molecule has 0 N–H and O–H groups in total. The van der Waals surface area contributed by atoms with Gasteiger partial charge in [0.25, 0.3) is 0 Å². The van der Waals surface area contributed by atoms with E-state index in [9.17, 15) is 0 Å². The lowest BCUT2D eigenvalue weighted by Crippen LogP contribution is -2.03. The molecule has 0 saturated heterocycles. The van der Waals surface area contributed by atoms with Crippen molar-refractivity contribution in [2.45, 2.75) is 12.3 Å². The quantitative estimate of drug-likeness (QED) is 0.194. The molecule has 1 atom stereocenters. The molecule has 0 radical (unpaired) electrons. The predicted octanol–water partition coefficient (Wildman–Crippen LogP) is 10.8. The summed E-state index contributed by atoms with van der Waals surface area (Å²) in [6, 6.07) is 49.0. The van der Waals surface area contributed by atoms with Crippen molar-refractivity contribution in [2.24, 2.45) is 0 Å². The van der Waals surface area contributed by atoms with E-state index in [0.717, 1.165) is 51.5 Å². The van der Waals surface area contributed by atoms with E-state index in [4.69, 9.17) is 9.97 Å². The van der Waals surface area contributed by atoms with Crippen LogP contribution in [0.15, 0.2) is 170 Å². The minimum Gasteiger partial charge on any atom is -0.264 e. The van der Waals surface area contributed by atoms with Crippen molar-refractivity contribution < 1.29 is 0 Å². The Balaban J connectivity index is 1.18. The van der Waals surface area contributed by atoms with Crippen LogP contribution in [0.2, 0.25) is 0 Å². The molecule has 1 aliphatic carbocycles. The molecule has 5 aromatic carbocycles. The maximum atomic E-state index is 5.15. The minimum absolute atomic E-state index is 0.305. The summed E-state index contributed by atoms with van der Waals surface area (Å²) in [7, 11) is 0. The molecule has 0 bridgehead atoms. The van der Waals surface area contributed by atoms with Crippen molar-refractivity contribution in [3.05, 3.63) is 182 Å². The number of nitrogens with zero attached hydrogens (tertiary/aromatic N) is 3. The second-order valence-electron chi connectivity index (χ2n) is 11.7. The van der Waals surface area contributed by atoms with Gasteiger partial charge < -0.3 is 0 Å². The Kier molecular flexibility index (Phi) is 7.33. The highest BCUT2D eigenvalue weighted by Gasteiger charge is 2.18. The summed E-state index contributed by atoms with van der Waals surface area (Å²) in [5.41, 5.74) is 10.9. The molecule has 7 aromatic rings. The molecule has 0 saturated carbocycles. The molecule has 0 fully saturated rings. The van der Waals surface area contributed by atoms with Gasteiger partial charge in [-0.05, 0) is 57.6 Å². The van der Waals surface area contributed by atoms with E-state index < -0.39 is 0 Å². The Morgan fingerprint density at radius 3 is 2.00 bits per heavy atom. The van der Waals surface area contributed by atoms with Crippen molar-refractivity contribution >= 4 is 16.3 Å². The van der Waals surface area contributed by atoms with Gasteiger partial charge in [-0.15, -0.1) is 0 Å². The number of fused-ring (bicyclic) bond motifs is 1. The number of rotatable bonds is 6. The highest BCUT2D eigenvalue weighted by molar-refractivity contribution is 5.87. The third-order valence-corrected chi connectivity index (χ3v) is 8.75. The van der Waals surface area contributed by atoms with Crippen LogP contribution in [0, 0.1) is 0 Å². The molecule has 3 nitrogen and oxygen atoms in total. The number of aromatic nitrogens is 3. The second-order valence-corrected chi connectivity index (χ2v) is 11.7. The molecule has 1 unspecified atom stereocenters. The largest absolute Gasteiger partial charge is 0.264 e. The number of hydrogen-bond acceptors (Lipinski definition) is 3.